The van der Waals surface area contributed by atoms with Crippen LogP contribution in [0.5, 0.6) is 0 Å². The molecule has 1 aromatic heterocycles. The van der Waals surface area contributed by atoms with Gasteiger partial charge in [-0.2, -0.15) is 0 Å². The number of aliphatic hydroxyl groups is 1. The highest BCUT2D eigenvalue weighted by molar-refractivity contribution is 7.17. The van der Waals surface area contributed by atoms with E-state index in [4.69, 9.17) is 4.74 Å². The average Bonchev–Trinajstić information content (AvgIpc) is 3.35. The summed E-state index contributed by atoms with van der Waals surface area (Å²) >= 11 is 0.974. The zero-order valence-corrected chi connectivity index (χ0v) is 21.0. The number of carbonyl (C=O) groups is 3. The van der Waals surface area contributed by atoms with E-state index < -0.39 is 23.7 Å². The van der Waals surface area contributed by atoms with Crippen LogP contribution >= 0.6 is 11.3 Å². The third-order valence-corrected chi connectivity index (χ3v) is 7.08. The van der Waals surface area contributed by atoms with Crippen LogP contribution in [0.15, 0.2) is 60.2 Å². The van der Waals surface area contributed by atoms with Crippen LogP contribution in [0.1, 0.15) is 58.9 Å². The number of ether oxygens (including phenoxy) is 1. The lowest BCUT2D eigenvalue weighted by molar-refractivity contribution is -0.132. The van der Waals surface area contributed by atoms with E-state index >= 15 is 0 Å². The van der Waals surface area contributed by atoms with Gasteiger partial charge in [0.1, 0.15) is 10.6 Å². The predicted octanol–water partition coefficient (Wildman–Crippen LogP) is 5.16. The van der Waals surface area contributed by atoms with Crippen molar-refractivity contribution in [2.75, 3.05) is 12.0 Å². The van der Waals surface area contributed by atoms with Crippen molar-refractivity contribution in [2.24, 2.45) is 0 Å². The SMILES string of the molecule is COC(=O)c1sc(N2C(=O)C(=O)/C(=C(/O)c3ccccc3)[C@@H]2c2ccc(C(C)(C)C)cc2)nc1C. The lowest BCUT2D eigenvalue weighted by Gasteiger charge is -2.24. The average molecular weight is 491 g/mol. The van der Waals surface area contributed by atoms with Crippen molar-refractivity contribution in [3.8, 4) is 0 Å². The molecule has 1 amide bonds. The van der Waals surface area contributed by atoms with Crippen LogP contribution in [0.25, 0.3) is 5.76 Å². The molecule has 0 saturated carbocycles. The van der Waals surface area contributed by atoms with Gasteiger partial charge in [0, 0.05) is 5.56 Å². The normalized spacial score (nSPS) is 17.6. The highest BCUT2D eigenvalue weighted by Gasteiger charge is 2.48. The first kappa shape index (κ1) is 24.3. The van der Waals surface area contributed by atoms with E-state index in [-0.39, 0.29) is 26.8 Å². The maximum absolute atomic E-state index is 13.3. The second-order valence-electron chi connectivity index (χ2n) is 9.31. The summed E-state index contributed by atoms with van der Waals surface area (Å²) in [5, 5.41) is 11.3. The van der Waals surface area contributed by atoms with Gasteiger partial charge < -0.3 is 9.84 Å². The summed E-state index contributed by atoms with van der Waals surface area (Å²) in [5.41, 5.74) is 2.42. The molecule has 180 valence electrons. The second-order valence-corrected chi connectivity index (χ2v) is 10.3. The van der Waals surface area contributed by atoms with Gasteiger partial charge in [-0.3, -0.25) is 14.5 Å². The largest absolute Gasteiger partial charge is 0.507 e. The number of aromatic nitrogens is 1. The Bertz CT molecular complexity index is 1330. The number of aryl methyl sites for hydroxylation is 1. The Morgan fingerprint density at radius 2 is 1.69 bits per heavy atom. The van der Waals surface area contributed by atoms with Crippen LogP contribution in [0.4, 0.5) is 5.13 Å². The van der Waals surface area contributed by atoms with E-state index in [1.165, 1.54) is 12.0 Å². The van der Waals surface area contributed by atoms with Gasteiger partial charge in [-0.25, -0.2) is 9.78 Å². The molecule has 4 rings (SSSR count). The molecule has 8 heteroatoms. The summed E-state index contributed by atoms with van der Waals surface area (Å²) in [7, 11) is 1.27. The molecule has 7 nitrogen and oxygen atoms in total. The summed E-state index contributed by atoms with van der Waals surface area (Å²) in [6.07, 6.45) is 0. The van der Waals surface area contributed by atoms with Crippen LogP contribution in [-0.4, -0.2) is 34.9 Å². The Balaban J connectivity index is 1.93. The summed E-state index contributed by atoms with van der Waals surface area (Å²) in [6, 6.07) is 15.3. The number of benzene rings is 2. The molecule has 2 aromatic carbocycles. The van der Waals surface area contributed by atoms with Gasteiger partial charge in [0.2, 0.25) is 0 Å². The lowest BCUT2D eigenvalue weighted by atomic mass is 9.85. The van der Waals surface area contributed by atoms with E-state index in [0.29, 0.717) is 16.8 Å². The number of methoxy groups -OCH3 is 1. The van der Waals surface area contributed by atoms with Gasteiger partial charge in [0.15, 0.2) is 5.13 Å². The molecule has 0 spiro atoms. The fourth-order valence-corrected chi connectivity index (χ4v) is 5.04. The first-order valence-electron chi connectivity index (χ1n) is 11.1. The highest BCUT2D eigenvalue weighted by Crippen LogP contribution is 2.44. The molecular weight excluding hydrogens is 464 g/mol. The first-order chi connectivity index (χ1) is 16.5. The molecule has 1 saturated heterocycles. The van der Waals surface area contributed by atoms with Crippen LogP contribution in [-0.2, 0) is 19.7 Å². The molecule has 35 heavy (non-hydrogen) atoms. The van der Waals surface area contributed by atoms with E-state index in [9.17, 15) is 19.5 Å². The maximum Gasteiger partial charge on any atom is 0.350 e. The number of aliphatic hydroxyl groups excluding tert-OH is 1. The minimum Gasteiger partial charge on any atom is -0.507 e. The minimum atomic E-state index is -0.916. The summed E-state index contributed by atoms with van der Waals surface area (Å²) < 4.78 is 4.83. The number of esters is 1. The van der Waals surface area contributed by atoms with E-state index in [0.717, 1.165) is 16.9 Å². The van der Waals surface area contributed by atoms with Gasteiger partial charge in [0.25, 0.3) is 5.78 Å². The molecular formula is C27H26N2O5S. The van der Waals surface area contributed by atoms with Crippen LogP contribution < -0.4 is 4.90 Å². The molecule has 1 N–H and O–H groups in total. The molecule has 1 atom stereocenters. The Morgan fingerprint density at radius 3 is 2.26 bits per heavy atom. The zero-order valence-electron chi connectivity index (χ0n) is 20.2. The molecule has 0 bridgehead atoms. The van der Waals surface area contributed by atoms with Crippen LogP contribution in [0.2, 0.25) is 0 Å². The molecule has 1 aliphatic heterocycles. The van der Waals surface area contributed by atoms with Crippen molar-refractivity contribution in [1.82, 2.24) is 4.98 Å². The third-order valence-electron chi connectivity index (χ3n) is 5.95. The number of carbonyl (C=O) groups excluding carboxylic acids is 3. The minimum absolute atomic E-state index is 0.0304. The van der Waals surface area contributed by atoms with Crippen molar-refractivity contribution in [3.63, 3.8) is 0 Å². The van der Waals surface area contributed by atoms with Crippen molar-refractivity contribution in [3.05, 3.63) is 87.4 Å². The molecule has 1 fully saturated rings. The molecule has 3 aromatic rings. The smallest absolute Gasteiger partial charge is 0.350 e. The van der Waals surface area contributed by atoms with Gasteiger partial charge in [-0.1, -0.05) is 86.7 Å². The Kier molecular flexibility index (Phi) is 6.34. The number of amides is 1. The van der Waals surface area contributed by atoms with Crippen molar-refractivity contribution in [2.45, 2.75) is 39.2 Å². The fraction of sp³-hybridized carbons (Fsp3) is 0.259. The third kappa shape index (κ3) is 4.37. The Labute approximate surface area is 207 Å². The number of hydrogen-bond donors (Lipinski definition) is 1. The quantitative estimate of drug-likeness (QED) is 0.235. The Hall–Kier alpha value is -3.78. The number of rotatable bonds is 4. The zero-order chi connectivity index (χ0) is 25.5. The molecule has 0 aliphatic carbocycles. The van der Waals surface area contributed by atoms with Gasteiger partial charge in [-0.05, 0) is 23.5 Å². The molecule has 0 radical (unpaired) electrons. The second kappa shape index (κ2) is 9.11. The predicted molar refractivity (Wildman–Crippen MR) is 135 cm³/mol. The number of nitrogens with zero attached hydrogens (tertiary/aromatic N) is 2. The van der Waals surface area contributed by atoms with Gasteiger partial charge in [0.05, 0.1) is 24.4 Å². The number of anilines is 1. The van der Waals surface area contributed by atoms with Crippen molar-refractivity contribution >= 4 is 39.9 Å². The standard InChI is InChI=1S/C27H26N2O5S/c1-15-23(25(33)34-5)35-26(28-15)29-20(16-11-13-18(14-12-16)27(2,3)4)19(22(31)24(29)32)21(30)17-9-7-6-8-10-17/h6-14,20,30H,1-5H3/b21-19+/t20-/m0/s1. The Morgan fingerprint density at radius 1 is 1.06 bits per heavy atom. The summed E-state index contributed by atoms with van der Waals surface area (Å²) in [5.74, 6) is -2.47. The summed E-state index contributed by atoms with van der Waals surface area (Å²) in [4.78, 5) is 44.7. The monoisotopic (exact) mass is 490 g/mol. The highest BCUT2D eigenvalue weighted by atomic mass is 32.1. The maximum atomic E-state index is 13.3. The van der Waals surface area contributed by atoms with E-state index in [2.05, 4.69) is 25.8 Å². The fourth-order valence-electron chi connectivity index (χ4n) is 4.03. The number of Topliss-reactive ketones (excluding diaryl/α,β-unsaturated/α-hetero) is 1. The molecule has 0 unspecified atom stereocenters. The van der Waals surface area contributed by atoms with Crippen molar-refractivity contribution in [1.29, 1.82) is 0 Å². The first-order valence-corrected chi connectivity index (χ1v) is 11.9. The number of ketones is 1. The van der Waals surface area contributed by atoms with Gasteiger partial charge in [-0.15, -0.1) is 0 Å². The lowest BCUT2D eigenvalue weighted by Crippen LogP contribution is -2.29. The topological polar surface area (TPSA) is 96.8 Å². The molecule has 1 aliphatic rings. The molecule has 2 heterocycles. The van der Waals surface area contributed by atoms with Crippen molar-refractivity contribution < 1.29 is 24.2 Å². The number of thiazole rings is 1. The van der Waals surface area contributed by atoms with Gasteiger partial charge >= 0.3 is 11.9 Å². The summed E-state index contributed by atoms with van der Waals surface area (Å²) in [6.45, 7) is 7.92. The van der Waals surface area contributed by atoms with Crippen LogP contribution in [0, 0.1) is 6.92 Å². The van der Waals surface area contributed by atoms with Crippen LogP contribution in [0.3, 0.4) is 0 Å². The van der Waals surface area contributed by atoms with E-state index in [1.54, 1.807) is 37.3 Å². The van der Waals surface area contributed by atoms with E-state index in [1.807, 2.05) is 24.3 Å². The number of hydrogen-bond acceptors (Lipinski definition) is 7.